The van der Waals surface area contributed by atoms with Gasteiger partial charge in [0.25, 0.3) is 0 Å². The highest BCUT2D eigenvalue weighted by Gasteiger charge is 2.08. The van der Waals surface area contributed by atoms with Crippen LogP contribution in [0.25, 0.3) is 10.9 Å². The minimum absolute atomic E-state index is 0.104. The van der Waals surface area contributed by atoms with Crippen LogP contribution in [0.4, 0.5) is 0 Å². The van der Waals surface area contributed by atoms with Crippen molar-refractivity contribution in [2.75, 3.05) is 5.75 Å². The third kappa shape index (κ3) is 3.20. The van der Waals surface area contributed by atoms with E-state index in [1.54, 1.807) is 0 Å². The van der Waals surface area contributed by atoms with Crippen LogP contribution in [0.5, 0.6) is 0 Å². The zero-order valence-corrected chi connectivity index (χ0v) is 11.1. The van der Waals surface area contributed by atoms with Crippen LogP contribution in [0, 0.1) is 0 Å². The van der Waals surface area contributed by atoms with Gasteiger partial charge in [-0.25, -0.2) is 0 Å². The van der Waals surface area contributed by atoms with Crippen molar-refractivity contribution in [3.05, 3.63) is 42.1 Å². The third-order valence-electron chi connectivity index (χ3n) is 2.66. The normalized spacial score (nSPS) is 13.2. The van der Waals surface area contributed by atoms with E-state index >= 15 is 0 Å². The number of hydrogen-bond acceptors (Lipinski definition) is 3. The van der Waals surface area contributed by atoms with E-state index in [1.807, 2.05) is 30.1 Å². The largest absolute Gasteiger partial charge is 0.323 e. The number of rotatable bonds is 4. The molecule has 0 spiro atoms. The van der Waals surface area contributed by atoms with Crippen LogP contribution in [0.1, 0.15) is 25.5 Å². The lowest BCUT2D eigenvalue weighted by atomic mass is 10.1. The number of aromatic nitrogens is 1. The molecule has 2 N–H and O–H groups in total. The highest BCUT2D eigenvalue weighted by Crippen LogP contribution is 2.22. The van der Waals surface area contributed by atoms with E-state index in [1.165, 1.54) is 5.56 Å². The molecule has 0 amide bonds. The monoisotopic (exact) mass is 246 g/mol. The van der Waals surface area contributed by atoms with Gasteiger partial charge in [-0.3, -0.25) is 4.98 Å². The average molecular weight is 246 g/mol. The number of nitrogens with zero attached hydrogens (tertiary/aromatic N) is 1. The quantitative estimate of drug-likeness (QED) is 0.899. The van der Waals surface area contributed by atoms with Crippen LogP contribution in [0.3, 0.4) is 0 Å². The molecule has 0 saturated carbocycles. The molecule has 3 heteroatoms. The van der Waals surface area contributed by atoms with Gasteiger partial charge in [-0.2, -0.15) is 11.8 Å². The molecule has 0 aliphatic rings. The number of fused-ring (bicyclic) bond motifs is 1. The van der Waals surface area contributed by atoms with E-state index in [2.05, 4.69) is 37.0 Å². The summed E-state index contributed by atoms with van der Waals surface area (Å²) < 4.78 is 0. The average Bonchev–Trinajstić information content (AvgIpc) is 2.35. The molecular weight excluding hydrogens is 228 g/mol. The van der Waals surface area contributed by atoms with Crippen molar-refractivity contribution < 1.29 is 0 Å². The van der Waals surface area contributed by atoms with Crippen molar-refractivity contribution in [3.63, 3.8) is 0 Å². The smallest absolute Gasteiger partial charge is 0.0702 e. The van der Waals surface area contributed by atoms with Crippen molar-refractivity contribution in [2.24, 2.45) is 5.73 Å². The molecule has 2 aromatic rings. The summed E-state index contributed by atoms with van der Waals surface area (Å²) in [6.45, 7) is 4.39. The van der Waals surface area contributed by atoms with Gasteiger partial charge in [0.15, 0.2) is 0 Å². The van der Waals surface area contributed by atoms with Crippen molar-refractivity contribution in [2.45, 2.75) is 25.1 Å². The SMILES string of the molecule is CC(C)SCC(N)c1ccc2ncccc2c1. The summed E-state index contributed by atoms with van der Waals surface area (Å²) in [6, 6.07) is 10.4. The van der Waals surface area contributed by atoms with Crippen LogP contribution in [-0.4, -0.2) is 16.0 Å². The third-order valence-corrected chi connectivity index (χ3v) is 3.88. The highest BCUT2D eigenvalue weighted by atomic mass is 32.2. The van der Waals surface area contributed by atoms with E-state index in [9.17, 15) is 0 Å². The molecule has 2 nitrogen and oxygen atoms in total. The Balaban J connectivity index is 2.18. The lowest BCUT2D eigenvalue weighted by molar-refractivity contribution is 0.830. The molecule has 1 unspecified atom stereocenters. The number of thioether (sulfide) groups is 1. The number of nitrogens with two attached hydrogens (primary N) is 1. The zero-order chi connectivity index (χ0) is 12.3. The zero-order valence-electron chi connectivity index (χ0n) is 10.3. The van der Waals surface area contributed by atoms with E-state index < -0.39 is 0 Å². The lowest BCUT2D eigenvalue weighted by Gasteiger charge is -2.13. The van der Waals surface area contributed by atoms with E-state index in [0.29, 0.717) is 5.25 Å². The van der Waals surface area contributed by atoms with Gasteiger partial charge in [0.05, 0.1) is 5.52 Å². The second-order valence-electron chi connectivity index (χ2n) is 4.44. The van der Waals surface area contributed by atoms with Gasteiger partial charge in [0.2, 0.25) is 0 Å². The molecule has 0 bridgehead atoms. The first kappa shape index (κ1) is 12.4. The lowest BCUT2D eigenvalue weighted by Crippen LogP contribution is -2.14. The number of pyridine rings is 1. The van der Waals surface area contributed by atoms with Crippen LogP contribution in [-0.2, 0) is 0 Å². The summed E-state index contributed by atoms with van der Waals surface area (Å²) in [5, 5.41) is 1.79. The Hall–Kier alpha value is -1.06. The maximum absolute atomic E-state index is 6.19. The second kappa shape index (κ2) is 5.52. The molecule has 1 aromatic heterocycles. The maximum Gasteiger partial charge on any atom is 0.0702 e. The summed E-state index contributed by atoms with van der Waals surface area (Å²) in [5.74, 6) is 0.962. The molecule has 1 aromatic carbocycles. The summed E-state index contributed by atoms with van der Waals surface area (Å²) in [5.41, 5.74) is 8.41. The predicted octanol–water partition coefficient (Wildman–Crippen LogP) is 3.38. The molecule has 90 valence electrons. The Bertz CT molecular complexity index is 496. The molecule has 0 fully saturated rings. The van der Waals surface area contributed by atoms with Gasteiger partial charge in [-0.15, -0.1) is 0 Å². The Kier molecular flexibility index (Phi) is 4.02. The second-order valence-corrected chi connectivity index (χ2v) is 6.05. The Morgan fingerprint density at radius 1 is 1.29 bits per heavy atom. The van der Waals surface area contributed by atoms with Crippen molar-refractivity contribution in [1.29, 1.82) is 0 Å². The van der Waals surface area contributed by atoms with E-state index in [0.717, 1.165) is 16.7 Å². The van der Waals surface area contributed by atoms with E-state index in [-0.39, 0.29) is 6.04 Å². The summed E-state index contributed by atoms with van der Waals surface area (Å²) in [4.78, 5) is 4.31. The molecule has 1 heterocycles. The minimum atomic E-state index is 0.104. The standard InChI is InChI=1S/C14H18N2S/c1-10(2)17-9-13(15)11-5-6-14-12(8-11)4-3-7-16-14/h3-8,10,13H,9,15H2,1-2H3. The molecule has 1 atom stereocenters. The van der Waals surface area contributed by atoms with Gasteiger partial charge >= 0.3 is 0 Å². The predicted molar refractivity (Wildman–Crippen MR) is 76.3 cm³/mol. The van der Waals surface area contributed by atoms with Crippen LogP contribution >= 0.6 is 11.8 Å². The van der Waals surface area contributed by atoms with Gasteiger partial charge in [-0.05, 0) is 29.0 Å². The molecular formula is C14H18N2S. The summed E-state index contributed by atoms with van der Waals surface area (Å²) in [6.07, 6.45) is 1.82. The Labute approximate surface area is 107 Å². The first-order valence-corrected chi connectivity index (χ1v) is 6.93. The highest BCUT2D eigenvalue weighted by molar-refractivity contribution is 7.99. The summed E-state index contributed by atoms with van der Waals surface area (Å²) >= 11 is 1.90. The fourth-order valence-electron chi connectivity index (χ4n) is 1.72. The fourth-order valence-corrected chi connectivity index (χ4v) is 2.50. The minimum Gasteiger partial charge on any atom is -0.323 e. The van der Waals surface area contributed by atoms with Gasteiger partial charge in [0.1, 0.15) is 0 Å². The van der Waals surface area contributed by atoms with Crippen molar-refractivity contribution in [1.82, 2.24) is 4.98 Å². The molecule has 0 aliphatic carbocycles. The first-order valence-electron chi connectivity index (χ1n) is 5.88. The Morgan fingerprint density at radius 3 is 2.88 bits per heavy atom. The fraction of sp³-hybridized carbons (Fsp3) is 0.357. The van der Waals surface area contributed by atoms with Gasteiger partial charge in [-0.1, -0.05) is 26.0 Å². The number of hydrogen-bond donors (Lipinski definition) is 1. The summed E-state index contributed by atoms with van der Waals surface area (Å²) in [7, 11) is 0. The van der Waals surface area contributed by atoms with Gasteiger partial charge < -0.3 is 5.73 Å². The first-order chi connectivity index (χ1) is 8.16. The van der Waals surface area contributed by atoms with Crippen molar-refractivity contribution >= 4 is 22.7 Å². The van der Waals surface area contributed by atoms with Crippen molar-refractivity contribution in [3.8, 4) is 0 Å². The maximum atomic E-state index is 6.19. The molecule has 17 heavy (non-hydrogen) atoms. The van der Waals surface area contributed by atoms with Gasteiger partial charge in [0, 0.05) is 23.4 Å². The number of benzene rings is 1. The molecule has 0 radical (unpaired) electrons. The molecule has 0 aliphatic heterocycles. The molecule has 2 rings (SSSR count). The van der Waals surface area contributed by atoms with Crippen LogP contribution in [0.2, 0.25) is 0 Å². The Morgan fingerprint density at radius 2 is 2.12 bits per heavy atom. The molecule has 0 saturated heterocycles. The van der Waals surface area contributed by atoms with Crippen LogP contribution in [0.15, 0.2) is 36.5 Å². The van der Waals surface area contributed by atoms with Crippen LogP contribution < -0.4 is 5.73 Å². The topological polar surface area (TPSA) is 38.9 Å². The van der Waals surface area contributed by atoms with E-state index in [4.69, 9.17) is 5.73 Å².